The highest BCUT2D eigenvalue weighted by molar-refractivity contribution is 6.33. The molecule has 0 unspecified atom stereocenters. The number of rotatable bonds is 2. The van der Waals surface area contributed by atoms with Crippen LogP contribution in [0, 0.1) is 0 Å². The van der Waals surface area contributed by atoms with Crippen LogP contribution in [0.2, 0.25) is 0 Å². The van der Waals surface area contributed by atoms with Gasteiger partial charge < -0.3 is 0 Å². The van der Waals surface area contributed by atoms with Crippen LogP contribution >= 0.6 is 0 Å². The molecule has 0 spiro atoms. The van der Waals surface area contributed by atoms with E-state index in [1.807, 2.05) is 0 Å². The molecular formula is C18H8F6N2O4. The fourth-order valence-electron chi connectivity index (χ4n) is 3.62. The first kappa shape index (κ1) is 19.9. The second kappa shape index (κ2) is 6.03. The molecule has 2 aromatic rings. The van der Waals surface area contributed by atoms with Crippen LogP contribution < -0.4 is 0 Å². The molecule has 4 amide bonds. The first-order valence-corrected chi connectivity index (χ1v) is 8.26. The summed E-state index contributed by atoms with van der Waals surface area (Å²) >= 11 is 0. The summed E-state index contributed by atoms with van der Waals surface area (Å²) in [5.74, 6) is -5.14. The van der Waals surface area contributed by atoms with E-state index in [9.17, 15) is 45.5 Å². The van der Waals surface area contributed by atoms with Gasteiger partial charge in [0.05, 0.1) is 0 Å². The number of alkyl halides is 6. The van der Waals surface area contributed by atoms with Crippen molar-refractivity contribution in [2.75, 3.05) is 13.1 Å². The summed E-state index contributed by atoms with van der Waals surface area (Å²) in [6, 6.07) is 3.84. The molecule has 0 saturated carbocycles. The minimum absolute atomic E-state index is 0.0121. The SMILES string of the molecule is O=C1c2ccc3c4c(ccc(c24)C(=O)N1CC(F)(F)F)C(=O)N(CC(F)(F)F)C3=O. The van der Waals surface area contributed by atoms with Crippen LogP contribution in [0.1, 0.15) is 41.4 Å². The number of carbonyl (C=O) groups is 4. The lowest BCUT2D eigenvalue weighted by molar-refractivity contribution is -0.137. The number of benzene rings is 2. The first-order chi connectivity index (χ1) is 13.8. The Morgan fingerprint density at radius 1 is 0.533 bits per heavy atom. The standard InChI is InChI=1S/C18H8F6N2O4/c19-17(20,21)5-25-13(27)7-1-2-8-12-10(4-3-9(11(7)12)15(25)29)16(30)26(14(8)28)6-18(22,23)24/h1-4H,5-6H2. The Bertz CT molecular complexity index is 1010. The van der Waals surface area contributed by atoms with E-state index in [2.05, 4.69) is 0 Å². The summed E-state index contributed by atoms with van der Waals surface area (Å²) in [7, 11) is 0. The molecule has 2 aromatic carbocycles. The minimum Gasteiger partial charge on any atom is -0.269 e. The first-order valence-electron chi connectivity index (χ1n) is 8.26. The number of carbonyl (C=O) groups excluding carboxylic acids is 4. The average Bonchev–Trinajstić information content (AvgIpc) is 2.63. The van der Waals surface area contributed by atoms with Gasteiger partial charge in [0.2, 0.25) is 0 Å². The molecule has 156 valence electrons. The van der Waals surface area contributed by atoms with Crippen molar-refractivity contribution in [3.63, 3.8) is 0 Å². The van der Waals surface area contributed by atoms with Gasteiger partial charge in [-0.15, -0.1) is 0 Å². The lowest BCUT2D eigenvalue weighted by Crippen LogP contribution is -2.47. The monoisotopic (exact) mass is 430 g/mol. The van der Waals surface area contributed by atoms with Crippen molar-refractivity contribution in [3.05, 3.63) is 46.5 Å². The lowest BCUT2D eigenvalue weighted by Gasteiger charge is -2.32. The summed E-state index contributed by atoms with van der Waals surface area (Å²) in [4.78, 5) is 50.0. The van der Waals surface area contributed by atoms with Crippen LogP contribution in [0.5, 0.6) is 0 Å². The molecule has 2 aliphatic heterocycles. The van der Waals surface area contributed by atoms with Crippen LogP contribution in [0.3, 0.4) is 0 Å². The molecule has 2 aliphatic rings. The molecule has 0 fully saturated rings. The Morgan fingerprint density at radius 3 is 0.967 bits per heavy atom. The molecule has 12 heteroatoms. The van der Waals surface area contributed by atoms with Crippen LogP contribution in [-0.2, 0) is 0 Å². The van der Waals surface area contributed by atoms with E-state index in [1.165, 1.54) is 0 Å². The molecule has 6 nitrogen and oxygen atoms in total. The van der Waals surface area contributed by atoms with E-state index >= 15 is 0 Å². The van der Waals surface area contributed by atoms with Gasteiger partial charge in [0.1, 0.15) is 13.1 Å². The second-order valence-corrected chi connectivity index (χ2v) is 6.69. The number of hydrogen-bond acceptors (Lipinski definition) is 4. The largest absolute Gasteiger partial charge is 0.406 e. The summed E-state index contributed by atoms with van der Waals surface area (Å²) < 4.78 is 76.8. The van der Waals surface area contributed by atoms with Gasteiger partial charge in [0.15, 0.2) is 0 Å². The van der Waals surface area contributed by atoms with Crippen molar-refractivity contribution in [3.8, 4) is 0 Å². The maximum Gasteiger partial charge on any atom is 0.406 e. The molecule has 0 saturated heterocycles. The Labute approximate surface area is 162 Å². The maximum atomic E-state index is 12.8. The van der Waals surface area contributed by atoms with Crippen molar-refractivity contribution >= 4 is 34.4 Å². The lowest BCUT2D eigenvalue weighted by atomic mass is 9.86. The maximum absolute atomic E-state index is 12.8. The Morgan fingerprint density at radius 2 is 0.767 bits per heavy atom. The number of halogens is 6. The van der Waals surface area contributed by atoms with Crippen molar-refractivity contribution in [1.82, 2.24) is 9.80 Å². The van der Waals surface area contributed by atoms with Gasteiger partial charge in [-0.25, -0.2) is 0 Å². The molecule has 0 atom stereocenters. The van der Waals surface area contributed by atoms with Crippen molar-refractivity contribution in [2.45, 2.75) is 12.4 Å². The molecule has 0 bridgehead atoms. The molecular weight excluding hydrogens is 422 g/mol. The highest BCUT2D eigenvalue weighted by Gasteiger charge is 2.45. The van der Waals surface area contributed by atoms with Crippen molar-refractivity contribution < 1.29 is 45.5 Å². The molecule has 4 rings (SSSR count). The highest BCUT2D eigenvalue weighted by atomic mass is 19.4. The normalized spacial score (nSPS) is 16.7. The van der Waals surface area contributed by atoms with Gasteiger partial charge in [-0.3, -0.25) is 29.0 Å². The summed E-state index contributed by atoms with van der Waals surface area (Å²) in [6.45, 7) is -3.68. The summed E-state index contributed by atoms with van der Waals surface area (Å²) in [5.41, 5.74) is -1.45. The van der Waals surface area contributed by atoms with Crippen LogP contribution in [0.15, 0.2) is 24.3 Å². The fraction of sp³-hybridized carbons (Fsp3) is 0.222. The van der Waals surface area contributed by atoms with Gasteiger partial charge in [0, 0.05) is 33.0 Å². The number of hydrogen-bond donors (Lipinski definition) is 0. The van der Waals surface area contributed by atoms with E-state index in [0.29, 0.717) is 0 Å². The number of amides is 4. The quantitative estimate of drug-likeness (QED) is 0.542. The van der Waals surface area contributed by atoms with E-state index < -0.39 is 49.1 Å². The summed E-state index contributed by atoms with van der Waals surface area (Å²) in [6.07, 6.45) is -9.73. The zero-order valence-corrected chi connectivity index (χ0v) is 14.5. The molecule has 0 aliphatic carbocycles. The van der Waals surface area contributed by atoms with Crippen LogP contribution in [0.4, 0.5) is 26.3 Å². The molecule has 0 aromatic heterocycles. The fourth-order valence-corrected chi connectivity index (χ4v) is 3.62. The smallest absolute Gasteiger partial charge is 0.269 e. The van der Waals surface area contributed by atoms with Gasteiger partial charge >= 0.3 is 12.4 Å². The van der Waals surface area contributed by atoms with E-state index in [1.54, 1.807) is 0 Å². The highest BCUT2D eigenvalue weighted by Crippen LogP contribution is 2.39. The molecule has 0 N–H and O–H groups in total. The Balaban J connectivity index is 1.93. The van der Waals surface area contributed by atoms with E-state index in [0.717, 1.165) is 24.3 Å². The van der Waals surface area contributed by atoms with E-state index in [-0.39, 0.29) is 42.8 Å². The third-order valence-electron chi connectivity index (χ3n) is 4.74. The molecule has 30 heavy (non-hydrogen) atoms. The van der Waals surface area contributed by atoms with Gasteiger partial charge in [-0.1, -0.05) is 0 Å². The van der Waals surface area contributed by atoms with Gasteiger partial charge in [-0.2, -0.15) is 26.3 Å². The topological polar surface area (TPSA) is 74.8 Å². The average molecular weight is 430 g/mol. The molecule has 2 heterocycles. The predicted octanol–water partition coefficient (Wildman–Crippen LogP) is 3.16. The van der Waals surface area contributed by atoms with Crippen molar-refractivity contribution in [1.29, 1.82) is 0 Å². The second-order valence-electron chi connectivity index (χ2n) is 6.69. The predicted molar refractivity (Wildman–Crippen MR) is 86.8 cm³/mol. The number of nitrogens with zero attached hydrogens (tertiary/aromatic N) is 2. The van der Waals surface area contributed by atoms with Gasteiger partial charge in [0.25, 0.3) is 23.6 Å². The van der Waals surface area contributed by atoms with Gasteiger partial charge in [-0.05, 0) is 24.3 Å². The van der Waals surface area contributed by atoms with Crippen molar-refractivity contribution in [2.24, 2.45) is 0 Å². The third kappa shape index (κ3) is 2.90. The third-order valence-corrected chi connectivity index (χ3v) is 4.74. The minimum atomic E-state index is -4.86. The Hall–Kier alpha value is -3.44. The van der Waals surface area contributed by atoms with Crippen LogP contribution in [0.25, 0.3) is 10.8 Å². The Kier molecular flexibility index (Phi) is 3.99. The molecule has 0 radical (unpaired) electrons. The van der Waals surface area contributed by atoms with E-state index in [4.69, 9.17) is 0 Å². The number of imide groups is 2. The zero-order valence-electron chi connectivity index (χ0n) is 14.5. The van der Waals surface area contributed by atoms with Crippen LogP contribution in [-0.4, -0.2) is 58.9 Å². The summed E-state index contributed by atoms with van der Waals surface area (Å²) in [5, 5.41) is -0.460. The zero-order chi connectivity index (χ0) is 22.2.